The standard InChI is InChI=1S/C24H29NO5/c1-28-22-16-20(12-13-21(22)29-17-19-10-6-5-7-11-19)24(27)30-18-23(26)25-14-8-3-2-4-9-15-25/h5-7,10-13,16H,2-4,8-9,14-15,17-18H2,1H3. The average Bonchev–Trinajstić information content (AvgIpc) is 2.76. The second-order valence-electron chi connectivity index (χ2n) is 7.36. The Morgan fingerprint density at radius 3 is 2.30 bits per heavy atom. The van der Waals surface area contributed by atoms with Crippen molar-refractivity contribution in [2.24, 2.45) is 0 Å². The molecular formula is C24H29NO5. The molecule has 2 aromatic rings. The molecule has 1 saturated heterocycles. The van der Waals surface area contributed by atoms with E-state index in [0.717, 1.165) is 44.3 Å². The van der Waals surface area contributed by atoms with E-state index in [2.05, 4.69) is 0 Å². The van der Waals surface area contributed by atoms with Crippen molar-refractivity contribution >= 4 is 11.9 Å². The van der Waals surface area contributed by atoms with Crippen molar-refractivity contribution in [1.29, 1.82) is 0 Å². The smallest absolute Gasteiger partial charge is 0.338 e. The Morgan fingerprint density at radius 1 is 0.900 bits per heavy atom. The molecule has 30 heavy (non-hydrogen) atoms. The molecule has 1 heterocycles. The van der Waals surface area contributed by atoms with Crippen LogP contribution in [0.15, 0.2) is 48.5 Å². The van der Waals surface area contributed by atoms with Crippen molar-refractivity contribution in [2.45, 2.75) is 38.7 Å². The van der Waals surface area contributed by atoms with E-state index in [9.17, 15) is 9.59 Å². The average molecular weight is 411 g/mol. The van der Waals surface area contributed by atoms with Gasteiger partial charge in [0.2, 0.25) is 0 Å². The Labute approximate surface area is 177 Å². The molecule has 6 nitrogen and oxygen atoms in total. The van der Waals surface area contributed by atoms with Gasteiger partial charge in [-0.2, -0.15) is 0 Å². The molecule has 1 fully saturated rings. The molecule has 0 spiro atoms. The number of likely N-dealkylation sites (tertiary alicyclic amines) is 1. The van der Waals surface area contributed by atoms with Crippen LogP contribution in [-0.2, 0) is 16.1 Å². The fraction of sp³-hybridized carbons (Fsp3) is 0.417. The van der Waals surface area contributed by atoms with Gasteiger partial charge in [0.25, 0.3) is 5.91 Å². The Kier molecular flexibility index (Phi) is 8.12. The first-order valence-corrected chi connectivity index (χ1v) is 10.5. The third-order valence-corrected chi connectivity index (χ3v) is 5.17. The van der Waals surface area contributed by atoms with Gasteiger partial charge in [0.15, 0.2) is 18.1 Å². The summed E-state index contributed by atoms with van der Waals surface area (Å²) in [6.07, 6.45) is 5.51. The van der Waals surface area contributed by atoms with Crippen molar-refractivity contribution in [3.05, 3.63) is 59.7 Å². The van der Waals surface area contributed by atoms with Gasteiger partial charge in [0, 0.05) is 13.1 Å². The van der Waals surface area contributed by atoms with Gasteiger partial charge >= 0.3 is 5.97 Å². The van der Waals surface area contributed by atoms with Crippen molar-refractivity contribution in [2.75, 3.05) is 26.8 Å². The van der Waals surface area contributed by atoms with Gasteiger partial charge in [-0.1, -0.05) is 49.6 Å². The second-order valence-corrected chi connectivity index (χ2v) is 7.36. The number of esters is 1. The van der Waals surface area contributed by atoms with E-state index in [1.54, 1.807) is 23.1 Å². The van der Waals surface area contributed by atoms with Crippen LogP contribution in [0.1, 0.15) is 48.0 Å². The summed E-state index contributed by atoms with van der Waals surface area (Å²) in [7, 11) is 1.52. The minimum absolute atomic E-state index is 0.139. The first kappa shape index (κ1) is 21.7. The quantitative estimate of drug-likeness (QED) is 0.638. The zero-order valence-corrected chi connectivity index (χ0v) is 17.5. The third kappa shape index (κ3) is 6.24. The van der Waals surface area contributed by atoms with Gasteiger partial charge in [-0.05, 0) is 36.6 Å². The topological polar surface area (TPSA) is 65.1 Å². The molecule has 0 saturated carbocycles. The van der Waals surface area contributed by atoms with Crippen LogP contribution >= 0.6 is 0 Å². The molecule has 0 aromatic heterocycles. The highest BCUT2D eigenvalue weighted by atomic mass is 16.5. The number of ether oxygens (including phenoxy) is 3. The minimum Gasteiger partial charge on any atom is -0.493 e. The van der Waals surface area contributed by atoms with E-state index in [-0.39, 0.29) is 12.5 Å². The molecule has 0 unspecified atom stereocenters. The van der Waals surface area contributed by atoms with Crippen molar-refractivity contribution in [1.82, 2.24) is 4.90 Å². The predicted molar refractivity (Wildman–Crippen MR) is 114 cm³/mol. The van der Waals surface area contributed by atoms with E-state index in [4.69, 9.17) is 14.2 Å². The first-order chi connectivity index (χ1) is 14.7. The number of rotatable bonds is 7. The monoisotopic (exact) mass is 411 g/mol. The highest BCUT2D eigenvalue weighted by Crippen LogP contribution is 2.29. The molecule has 0 atom stereocenters. The fourth-order valence-corrected chi connectivity index (χ4v) is 3.45. The summed E-state index contributed by atoms with van der Waals surface area (Å²) in [6, 6.07) is 14.7. The van der Waals surface area contributed by atoms with Gasteiger partial charge in [-0.25, -0.2) is 4.79 Å². The molecular weight excluding hydrogens is 382 g/mol. The highest BCUT2D eigenvalue weighted by molar-refractivity contribution is 5.92. The molecule has 1 aliphatic heterocycles. The summed E-state index contributed by atoms with van der Waals surface area (Å²) in [5.74, 6) is 0.286. The van der Waals surface area contributed by atoms with Crippen LogP contribution in [0.5, 0.6) is 11.5 Å². The van der Waals surface area contributed by atoms with Gasteiger partial charge in [-0.15, -0.1) is 0 Å². The number of benzene rings is 2. The molecule has 0 aliphatic carbocycles. The minimum atomic E-state index is -0.552. The van der Waals surface area contributed by atoms with E-state index in [1.807, 2.05) is 30.3 Å². The van der Waals surface area contributed by atoms with Crippen LogP contribution in [0.25, 0.3) is 0 Å². The lowest BCUT2D eigenvalue weighted by Gasteiger charge is -2.24. The van der Waals surface area contributed by atoms with Crippen LogP contribution in [0, 0.1) is 0 Å². The number of amides is 1. The molecule has 1 aliphatic rings. The fourth-order valence-electron chi connectivity index (χ4n) is 3.45. The summed E-state index contributed by atoms with van der Waals surface area (Å²) in [5.41, 5.74) is 1.35. The Balaban J connectivity index is 1.55. The number of hydrogen-bond donors (Lipinski definition) is 0. The SMILES string of the molecule is COc1cc(C(=O)OCC(=O)N2CCCCCCC2)ccc1OCc1ccccc1. The van der Waals surface area contributed by atoms with Gasteiger partial charge in [0.1, 0.15) is 6.61 Å². The molecule has 2 aromatic carbocycles. The Bertz CT molecular complexity index is 829. The molecule has 160 valence electrons. The Hall–Kier alpha value is -3.02. The van der Waals surface area contributed by atoms with Crippen LogP contribution in [0.3, 0.4) is 0 Å². The summed E-state index contributed by atoms with van der Waals surface area (Å²) >= 11 is 0. The van der Waals surface area contributed by atoms with Gasteiger partial charge in [0.05, 0.1) is 12.7 Å². The summed E-state index contributed by atoms with van der Waals surface area (Å²) in [4.78, 5) is 26.6. The molecule has 0 bridgehead atoms. The van der Waals surface area contributed by atoms with Gasteiger partial charge in [-0.3, -0.25) is 4.79 Å². The number of hydrogen-bond acceptors (Lipinski definition) is 5. The van der Waals surface area contributed by atoms with Crippen molar-refractivity contribution in [3.63, 3.8) is 0 Å². The maximum atomic E-state index is 12.4. The largest absolute Gasteiger partial charge is 0.493 e. The van der Waals surface area contributed by atoms with E-state index < -0.39 is 5.97 Å². The number of nitrogens with zero attached hydrogens (tertiary/aromatic N) is 1. The first-order valence-electron chi connectivity index (χ1n) is 10.5. The lowest BCUT2D eigenvalue weighted by Crippen LogP contribution is -2.36. The molecule has 1 amide bonds. The number of carbonyl (C=O) groups excluding carboxylic acids is 2. The third-order valence-electron chi connectivity index (χ3n) is 5.17. The van der Waals surface area contributed by atoms with E-state index in [0.29, 0.717) is 23.7 Å². The van der Waals surface area contributed by atoms with E-state index >= 15 is 0 Å². The zero-order chi connectivity index (χ0) is 21.2. The van der Waals surface area contributed by atoms with Gasteiger partial charge < -0.3 is 19.1 Å². The zero-order valence-electron chi connectivity index (χ0n) is 17.5. The number of carbonyl (C=O) groups is 2. The van der Waals surface area contributed by atoms with Crippen LogP contribution in [0.2, 0.25) is 0 Å². The molecule has 3 rings (SSSR count). The normalized spacial score (nSPS) is 14.4. The van der Waals surface area contributed by atoms with Crippen molar-refractivity contribution < 1.29 is 23.8 Å². The van der Waals surface area contributed by atoms with Crippen LogP contribution in [0.4, 0.5) is 0 Å². The van der Waals surface area contributed by atoms with Crippen LogP contribution < -0.4 is 9.47 Å². The maximum absolute atomic E-state index is 12.4. The lowest BCUT2D eigenvalue weighted by molar-refractivity contribution is -0.134. The van der Waals surface area contributed by atoms with E-state index in [1.165, 1.54) is 13.5 Å². The summed E-state index contributed by atoms with van der Waals surface area (Å²) in [6.45, 7) is 1.62. The Morgan fingerprint density at radius 2 is 1.60 bits per heavy atom. The molecule has 0 radical (unpaired) electrons. The maximum Gasteiger partial charge on any atom is 0.338 e. The van der Waals surface area contributed by atoms with Crippen LogP contribution in [-0.4, -0.2) is 43.6 Å². The summed E-state index contributed by atoms with van der Waals surface area (Å²) < 4.78 is 16.4. The lowest BCUT2D eigenvalue weighted by atomic mass is 10.1. The highest BCUT2D eigenvalue weighted by Gasteiger charge is 2.18. The van der Waals surface area contributed by atoms with Crippen molar-refractivity contribution in [3.8, 4) is 11.5 Å². The predicted octanol–water partition coefficient (Wildman–Crippen LogP) is 4.22. The molecule has 0 N–H and O–H groups in total. The summed E-state index contributed by atoms with van der Waals surface area (Å²) in [5, 5.41) is 0. The molecule has 6 heteroatoms. The second kappa shape index (κ2) is 11.2. The number of methoxy groups -OCH3 is 1.